The molecule has 1 amide bonds. The van der Waals surface area contributed by atoms with Gasteiger partial charge >= 0.3 is 5.97 Å². The molecular formula is C38H35N5O7. The molecule has 0 saturated heterocycles. The largest absolute Gasteiger partial charge is 0.494 e. The Kier molecular flexibility index (Phi) is 10.5. The first-order valence-corrected chi connectivity index (χ1v) is 16.1. The summed E-state index contributed by atoms with van der Waals surface area (Å²) < 4.78 is 28.5. The van der Waals surface area contributed by atoms with Crippen LogP contribution in [-0.4, -0.2) is 42.2 Å². The zero-order chi connectivity index (χ0) is 34.9. The zero-order valence-corrected chi connectivity index (χ0v) is 27.7. The standard InChI is InChI=1S/C38H35N5O7/c1-3-47-38(45)29-17-31(41-22-36-40-13-15-49-36)37(33(19-29)46-2)43-34(44)20-27-12-11-26-18-32(27)48-14-5-6-25-16-24(21-39)9-10-28(25)23-50-35-8-4-7-30(26)42-35/h4,7-13,15-19,41H,3,5-6,14,20,22-23H2,1-2H3,(H,43,44). The van der Waals surface area contributed by atoms with Crippen molar-refractivity contribution in [3.05, 3.63) is 113 Å². The summed E-state index contributed by atoms with van der Waals surface area (Å²) in [4.78, 5) is 35.2. The van der Waals surface area contributed by atoms with Crippen molar-refractivity contribution in [3.63, 3.8) is 0 Å². The first kappa shape index (κ1) is 33.5. The van der Waals surface area contributed by atoms with Gasteiger partial charge in [0.05, 0.1) is 68.1 Å². The molecule has 50 heavy (non-hydrogen) atoms. The highest BCUT2D eigenvalue weighted by atomic mass is 16.5. The highest BCUT2D eigenvalue weighted by molar-refractivity contribution is 6.00. The third-order valence-electron chi connectivity index (χ3n) is 8.01. The lowest BCUT2D eigenvalue weighted by Crippen LogP contribution is -2.18. The number of ether oxygens (including phenoxy) is 4. The maximum atomic E-state index is 13.7. The van der Waals surface area contributed by atoms with Crippen molar-refractivity contribution >= 4 is 23.3 Å². The number of amides is 1. The number of fused-ring (bicyclic) bond motifs is 6. The lowest BCUT2D eigenvalue weighted by Gasteiger charge is -2.19. The van der Waals surface area contributed by atoms with Crippen molar-refractivity contribution in [2.24, 2.45) is 0 Å². The fraction of sp³-hybridized carbons (Fsp3) is 0.237. The molecule has 1 aliphatic heterocycles. The summed E-state index contributed by atoms with van der Waals surface area (Å²) >= 11 is 0. The second-order valence-electron chi connectivity index (χ2n) is 11.3. The first-order valence-electron chi connectivity index (χ1n) is 16.1. The van der Waals surface area contributed by atoms with E-state index >= 15 is 0 Å². The average molecular weight is 674 g/mol. The number of carbonyl (C=O) groups excluding carboxylic acids is 2. The van der Waals surface area contributed by atoms with Crippen LogP contribution < -0.4 is 24.8 Å². The monoisotopic (exact) mass is 673 g/mol. The third kappa shape index (κ3) is 8.02. The van der Waals surface area contributed by atoms with Crippen molar-refractivity contribution in [3.8, 4) is 34.7 Å². The van der Waals surface area contributed by atoms with E-state index in [1.165, 1.54) is 25.6 Å². The number of hydrogen-bond acceptors (Lipinski definition) is 11. The first-order chi connectivity index (χ1) is 24.4. The molecule has 1 aliphatic rings. The van der Waals surface area contributed by atoms with Crippen LogP contribution in [0.1, 0.15) is 51.8 Å². The van der Waals surface area contributed by atoms with Crippen molar-refractivity contribution < 1.29 is 33.0 Å². The maximum absolute atomic E-state index is 13.7. The molecule has 0 radical (unpaired) electrons. The maximum Gasteiger partial charge on any atom is 0.338 e. The van der Waals surface area contributed by atoms with E-state index < -0.39 is 5.97 Å². The van der Waals surface area contributed by atoms with Gasteiger partial charge in [-0.25, -0.2) is 14.8 Å². The van der Waals surface area contributed by atoms with Gasteiger partial charge in [0.25, 0.3) is 0 Å². The van der Waals surface area contributed by atoms with Gasteiger partial charge < -0.3 is 34.0 Å². The second kappa shape index (κ2) is 15.7. The molecule has 0 unspecified atom stereocenters. The van der Waals surface area contributed by atoms with Gasteiger partial charge in [-0.2, -0.15) is 5.26 Å². The molecule has 254 valence electrons. The zero-order valence-electron chi connectivity index (χ0n) is 27.7. The second-order valence-corrected chi connectivity index (χ2v) is 11.3. The number of aryl methyl sites for hydroxylation is 1. The van der Waals surface area contributed by atoms with Crippen LogP contribution in [0.4, 0.5) is 11.4 Å². The topological polar surface area (TPSA) is 158 Å². The molecule has 0 aliphatic carbocycles. The van der Waals surface area contributed by atoms with Gasteiger partial charge in [0.15, 0.2) is 0 Å². The van der Waals surface area contributed by atoms with Crippen molar-refractivity contribution in [2.45, 2.75) is 39.3 Å². The molecule has 0 saturated carbocycles. The van der Waals surface area contributed by atoms with Gasteiger partial charge in [0, 0.05) is 17.2 Å². The molecule has 12 heteroatoms. The Morgan fingerprint density at radius 3 is 2.74 bits per heavy atom. The summed E-state index contributed by atoms with van der Waals surface area (Å²) in [5.41, 5.74) is 5.71. The number of nitrogens with one attached hydrogen (secondary N) is 2. The average Bonchev–Trinajstić information content (AvgIpc) is 3.66. The molecule has 0 atom stereocenters. The molecule has 2 aromatic heterocycles. The number of methoxy groups -OCH3 is 1. The summed E-state index contributed by atoms with van der Waals surface area (Å²) in [6.45, 7) is 2.81. The van der Waals surface area contributed by atoms with Crippen molar-refractivity contribution in [1.29, 1.82) is 5.26 Å². The van der Waals surface area contributed by atoms with Crippen molar-refractivity contribution in [2.75, 3.05) is 31.0 Å². The number of aromatic nitrogens is 2. The normalized spacial score (nSPS) is 12.2. The number of esters is 1. The Hall–Kier alpha value is -6.35. The third-order valence-corrected chi connectivity index (χ3v) is 8.01. The van der Waals surface area contributed by atoms with Gasteiger partial charge in [0.2, 0.25) is 17.7 Å². The fourth-order valence-corrected chi connectivity index (χ4v) is 5.56. The van der Waals surface area contributed by atoms with Crippen LogP contribution in [-0.2, 0) is 35.5 Å². The molecule has 6 rings (SSSR count). The number of nitriles is 1. The SMILES string of the molecule is CCOC(=O)c1cc(NCc2ncco2)c(NC(=O)Cc2ccc3cc2OCCCc2cc(C#N)ccc2COc2cccc-3n2)c(OC)c1. The number of nitrogens with zero attached hydrogens (tertiary/aromatic N) is 3. The minimum atomic E-state index is -0.531. The van der Waals surface area contributed by atoms with Crippen LogP contribution in [0.5, 0.6) is 17.4 Å². The van der Waals surface area contributed by atoms with Gasteiger partial charge in [-0.3, -0.25) is 4.79 Å². The molecule has 3 aromatic carbocycles. The highest BCUT2D eigenvalue weighted by Gasteiger charge is 2.21. The van der Waals surface area contributed by atoms with E-state index in [0.29, 0.717) is 71.8 Å². The quantitative estimate of drug-likeness (QED) is 0.165. The lowest BCUT2D eigenvalue weighted by atomic mass is 10.0. The van der Waals surface area contributed by atoms with Crippen LogP contribution in [0.2, 0.25) is 0 Å². The van der Waals surface area contributed by atoms with Gasteiger partial charge in [0.1, 0.15) is 30.1 Å². The van der Waals surface area contributed by atoms with Crippen LogP contribution in [0.3, 0.4) is 0 Å². The van der Waals surface area contributed by atoms with E-state index in [4.69, 9.17) is 28.3 Å². The Labute approximate surface area is 289 Å². The highest BCUT2D eigenvalue weighted by Crippen LogP contribution is 2.36. The molecule has 2 N–H and O–H groups in total. The van der Waals surface area contributed by atoms with Crippen LogP contribution >= 0.6 is 0 Å². The van der Waals surface area contributed by atoms with E-state index in [9.17, 15) is 14.9 Å². The summed E-state index contributed by atoms with van der Waals surface area (Å²) in [7, 11) is 1.45. The Bertz CT molecular complexity index is 2040. The smallest absolute Gasteiger partial charge is 0.338 e. The number of benzene rings is 3. The minimum absolute atomic E-state index is 0.0253. The van der Waals surface area contributed by atoms with E-state index in [2.05, 4.69) is 21.7 Å². The molecule has 3 heterocycles. The number of pyridine rings is 1. The molecule has 5 aromatic rings. The van der Waals surface area contributed by atoms with E-state index in [1.807, 2.05) is 42.5 Å². The van der Waals surface area contributed by atoms with Crippen molar-refractivity contribution in [1.82, 2.24) is 9.97 Å². The number of hydrogen-bond donors (Lipinski definition) is 2. The summed E-state index contributed by atoms with van der Waals surface area (Å²) in [5.74, 6) is 0.814. The molecule has 4 bridgehead atoms. The minimum Gasteiger partial charge on any atom is -0.494 e. The van der Waals surface area contributed by atoms with Gasteiger partial charge in [-0.05, 0) is 67.3 Å². The molecule has 12 nitrogen and oxygen atoms in total. The Morgan fingerprint density at radius 1 is 1.04 bits per heavy atom. The Morgan fingerprint density at radius 2 is 1.94 bits per heavy atom. The summed E-state index contributed by atoms with van der Waals surface area (Å²) in [6.07, 6.45) is 4.30. The van der Waals surface area contributed by atoms with Crippen LogP contribution in [0.25, 0.3) is 11.3 Å². The number of rotatable bonds is 9. The predicted octanol–water partition coefficient (Wildman–Crippen LogP) is 6.49. The van der Waals surface area contributed by atoms with Crippen LogP contribution in [0, 0.1) is 11.3 Å². The fourth-order valence-electron chi connectivity index (χ4n) is 5.56. The number of carbonyl (C=O) groups is 2. The number of oxazole rings is 1. The molecule has 0 fully saturated rings. The van der Waals surface area contributed by atoms with Gasteiger partial charge in [-0.15, -0.1) is 0 Å². The predicted molar refractivity (Wildman–Crippen MR) is 184 cm³/mol. The molecule has 0 spiro atoms. The Balaban J connectivity index is 1.27. The van der Waals surface area contributed by atoms with E-state index in [0.717, 1.165) is 16.7 Å². The van der Waals surface area contributed by atoms with E-state index in [-0.39, 0.29) is 36.8 Å². The number of anilines is 2. The molecular weight excluding hydrogens is 638 g/mol. The van der Waals surface area contributed by atoms with Gasteiger partial charge in [-0.1, -0.05) is 24.3 Å². The van der Waals surface area contributed by atoms with E-state index in [1.54, 1.807) is 25.1 Å². The summed E-state index contributed by atoms with van der Waals surface area (Å²) in [6, 6.07) is 22.1. The van der Waals surface area contributed by atoms with Crippen LogP contribution in [0.15, 0.2) is 83.6 Å². The summed E-state index contributed by atoms with van der Waals surface area (Å²) in [5, 5.41) is 15.6. The lowest BCUT2D eigenvalue weighted by molar-refractivity contribution is -0.115.